The zero-order valence-corrected chi connectivity index (χ0v) is 7.38. The summed E-state index contributed by atoms with van der Waals surface area (Å²) in [6.07, 6.45) is -1.00. The van der Waals surface area contributed by atoms with Crippen LogP contribution in [0, 0.1) is 6.92 Å². The Morgan fingerprint density at radius 1 is 1.42 bits per heavy atom. The van der Waals surface area contributed by atoms with E-state index in [0.29, 0.717) is 0 Å². The van der Waals surface area contributed by atoms with Gasteiger partial charge in [-0.25, -0.2) is 4.39 Å². The molecular weight excluding hydrogens is 155 g/mol. The van der Waals surface area contributed by atoms with E-state index < -0.39 is 6.17 Å². The topological polar surface area (TPSA) is 9.23 Å². The monoisotopic (exact) mass is 168 g/mol. The Morgan fingerprint density at radius 2 is 2.08 bits per heavy atom. The number of methoxy groups -OCH3 is 1. The molecule has 0 amide bonds. The highest BCUT2D eigenvalue weighted by atomic mass is 19.1. The van der Waals surface area contributed by atoms with Crippen molar-refractivity contribution in [3.63, 3.8) is 0 Å². The maximum Gasteiger partial charge on any atom is 0.149 e. The molecule has 0 aliphatic rings. The van der Waals surface area contributed by atoms with Crippen LogP contribution in [-0.2, 0) is 4.74 Å². The third-order valence-electron chi connectivity index (χ3n) is 1.84. The lowest BCUT2D eigenvalue weighted by molar-refractivity contribution is 0.124. The second-order valence-corrected chi connectivity index (χ2v) is 2.78. The van der Waals surface area contributed by atoms with E-state index in [1.807, 2.05) is 25.1 Å². The SMILES string of the molecule is COCC(F)c1ccccc1C. The maximum atomic E-state index is 13.3. The maximum absolute atomic E-state index is 13.3. The summed E-state index contributed by atoms with van der Waals surface area (Å²) >= 11 is 0. The molecule has 12 heavy (non-hydrogen) atoms. The van der Waals surface area contributed by atoms with Gasteiger partial charge in [0.15, 0.2) is 0 Å². The predicted molar refractivity (Wildman–Crippen MR) is 46.9 cm³/mol. The van der Waals surface area contributed by atoms with Crippen LogP contribution in [-0.4, -0.2) is 13.7 Å². The van der Waals surface area contributed by atoms with Crippen molar-refractivity contribution in [1.82, 2.24) is 0 Å². The van der Waals surface area contributed by atoms with Gasteiger partial charge in [0.1, 0.15) is 6.17 Å². The third-order valence-corrected chi connectivity index (χ3v) is 1.84. The summed E-state index contributed by atoms with van der Waals surface area (Å²) in [5.74, 6) is 0. The highest BCUT2D eigenvalue weighted by Gasteiger charge is 2.10. The van der Waals surface area contributed by atoms with Gasteiger partial charge in [-0.3, -0.25) is 0 Å². The van der Waals surface area contributed by atoms with Crippen LogP contribution in [0.25, 0.3) is 0 Å². The van der Waals surface area contributed by atoms with Crippen LogP contribution in [0.3, 0.4) is 0 Å². The van der Waals surface area contributed by atoms with Gasteiger partial charge in [0.25, 0.3) is 0 Å². The van der Waals surface area contributed by atoms with E-state index in [9.17, 15) is 4.39 Å². The standard InChI is InChI=1S/C10H13FO/c1-8-5-3-4-6-9(8)10(11)7-12-2/h3-6,10H,7H2,1-2H3. The van der Waals surface area contributed by atoms with E-state index in [2.05, 4.69) is 0 Å². The van der Waals surface area contributed by atoms with Crippen LogP contribution >= 0.6 is 0 Å². The van der Waals surface area contributed by atoms with Crippen LogP contribution in [0.5, 0.6) is 0 Å². The summed E-state index contributed by atoms with van der Waals surface area (Å²) < 4.78 is 18.0. The first kappa shape index (κ1) is 9.20. The van der Waals surface area contributed by atoms with E-state index in [1.54, 1.807) is 6.07 Å². The Hall–Kier alpha value is -0.890. The summed E-state index contributed by atoms with van der Waals surface area (Å²) in [5.41, 5.74) is 1.70. The molecule has 1 atom stereocenters. The second kappa shape index (κ2) is 4.21. The number of halogens is 1. The molecular formula is C10H13FO. The number of alkyl halides is 1. The van der Waals surface area contributed by atoms with Crippen molar-refractivity contribution < 1.29 is 9.13 Å². The molecule has 0 N–H and O–H groups in total. The lowest BCUT2D eigenvalue weighted by atomic mass is 10.1. The fourth-order valence-electron chi connectivity index (χ4n) is 1.17. The average Bonchev–Trinajstić information content (AvgIpc) is 2.05. The van der Waals surface area contributed by atoms with Crippen molar-refractivity contribution >= 4 is 0 Å². The van der Waals surface area contributed by atoms with Crippen LogP contribution in [0.4, 0.5) is 4.39 Å². The van der Waals surface area contributed by atoms with Gasteiger partial charge in [-0.15, -0.1) is 0 Å². The van der Waals surface area contributed by atoms with E-state index >= 15 is 0 Å². The number of ether oxygens (including phenoxy) is 1. The molecule has 0 radical (unpaired) electrons. The molecule has 1 nitrogen and oxygen atoms in total. The molecule has 0 aliphatic heterocycles. The second-order valence-electron chi connectivity index (χ2n) is 2.78. The minimum atomic E-state index is -1.00. The first-order chi connectivity index (χ1) is 5.75. The molecule has 66 valence electrons. The van der Waals surface area contributed by atoms with Crippen LogP contribution < -0.4 is 0 Å². The van der Waals surface area contributed by atoms with Crippen LogP contribution in [0.1, 0.15) is 17.3 Å². The highest BCUT2D eigenvalue weighted by Crippen LogP contribution is 2.20. The van der Waals surface area contributed by atoms with E-state index in [-0.39, 0.29) is 6.61 Å². The van der Waals surface area contributed by atoms with Gasteiger partial charge in [-0.1, -0.05) is 24.3 Å². The van der Waals surface area contributed by atoms with Gasteiger partial charge in [0.05, 0.1) is 6.61 Å². The lowest BCUT2D eigenvalue weighted by Gasteiger charge is -2.09. The van der Waals surface area contributed by atoms with E-state index in [0.717, 1.165) is 11.1 Å². The summed E-state index contributed by atoms with van der Waals surface area (Å²) in [7, 11) is 1.50. The molecule has 0 saturated heterocycles. The molecule has 2 heteroatoms. The average molecular weight is 168 g/mol. The normalized spacial score (nSPS) is 12.9. The fraction of sp³-hybridized carbons (Fsp3) is 0.400. The van der Waals surface area contributed by atoms with Gasteiger partial charge in [-0.2, -0.15) is 0 Å². The molecule has 1 unspecified atom stereocenters. The smallest absolute Gasteiger partial charge is 0.149 e. The first-order valence-corrected chi connectivity index (χ1v) is 3.94. The van der Waals surface area contributed by atoms with Crippen molar-refractivity contribution in [2.45, 2.75) is 13.1 Å². The Bertz CT molecular complexity index is 247. The zero-order chi connectivity index (χ0) is 8.97. The number of aryl methyl sites for hydroxylation is 1. The molecule has 0 spiro atoms. The number of hydrogen-bond acceptors (Lipinski definition) is 1. The van der Waals surface area contributed by atoms with E-state index in [4.69, 9.17) is 4.74 Å². The zero-order valence-electron chi connectivity index (χ0n) is 7.38. The quantitative estimate of drug-likeness (QED) is 0.674. The Morgan fingerprint density at radius 3 is 2.67 bits per heavy atom. The summed E-state index contributed by atoms with van der Waals surface area (Å²) in [5, 5.41) is 0. The lowest BCUT2D eigenvalue weighted by Crippen LogP contribution is -2.01. The molecule has 1 aromatic rings. The van der Waals surface area contributed by atoms with Crippen molar-refractivity contribution in [2.24, 2.45) is 0 Å². The molecule has 0 aromatic heterocycles. The molecule has 0 fully saturated rings. The highest BCUT2D eigenvalue weighted by molar-refractivity contribution is 5.27. The van der Waals surface area contributed by atoms with Gasteiger partial charge in [0.2, 0.25) is 0 Å². The summed E-state index contributed by atoms with van der Waals surface area (Å²) in [4.78, 5) is 0. The molecule has 0 bridgehead atoms. The third kappa shape index (κ3) is 2.05. The van der Waals surface area contributed by atoms with Gasteiger partial charge < -0.3 is 4.74 Å². The minimum Gasteiger partial charge on any atom is -0.381 e. The minimum absolute atomic E-state index is 0.130. The fourth-order valence-corrected chi connectivity index (χ4v) is 1.17. The predicted octanol–water partition coefficient (Wildman–Crippen LogP) is 2.65. The molecule has 0 aliphatic carbocycles. The molecule has 0 saturated carbocycles. The van der Waals surface area contributed by atoms with Crippen molar-refractivity contribution in [3.8, 4) is 0 Å². The Labute approximate surface area is 72.2 Å². The summed E-state index contributed by atoms with van der Waals surface area (Å²) in [6, 6.07) is 7.43. The number of benzene rings is 1. The van der Waals surface area contributed by atoms with E-state index in [1.165, 1.54) is 7.11 Å². The van der Waals surface area contributed by atoms with Crippen molar-refractivity contribution in [3.05, 3.63) is 35.4 Å². The largest absolute Gasteiger partial charge is 0.381 e. The van der Waals surface area contributed by atoms with Crippen LogP contribution in [0.2, 0.25) is 0 Å². The molecule has 1 rings (SSSR count). The van der Waals surface area contributed by atoms with Gasteiger partial charge in [0, 0.05) is 7.11 Å². The number of rotatable bonds is 3. The van der Waals surface area contributed by atoms with Gasteiger partial charge in [-0.05, 0) is 18.1 Å². The van der Waals surface area contributed by atoms with Crippen LogP contribution in [0.15, 0.2) is 24.3 Å². The first-order valence-electron chi connectivity index (χ1n) is 3.94. The Balaban J connectivity index is 2.79. The number of hydrogen-bond donors (Lipinski definition) is 0. The van der Waals surface area contributed by atoms with Crippen molar-refractivity contribution in [1.29, 1.82) is 0 Å². The van der Waals surface area contributed by atoms with Crippen molar-refractivity contribution in [2.75, 3.05) is 13.7 Å². The Kier molecular flexibility index (Phi) is 3.23. The van der Waals surface area contributed by atoms with Gasteiger partial charge >= 0.3 is 0 Å². The molecule has 0 heterocycles. The summed E-state index contributed by atoms with van der Waals surface area (Å²) in [6.45, 7) is 2.03. The molecule has 1 aromatic carbocycles.